The van der Waals surface area contributed by atoms with E-state index in [4.69, 9.17) is 21.4 Å². The molecule has 0 saturated carbocycles. The second-order valence-corrected chi connectivity index (χ2v) is 3.99. The Balaban J connectivity index is 2.19. The van der Waals surface area contributed by atoms with Gasteiger partial charge in [-0.25, -0.2) is 0 Å². The van der Waals surface area contributed by atoms with Crippen LogP contribution in [-0.2, 0) is 0 Å². The zero-order valence-electron chi connectivity index (χ0n) is 9.50. The largest absolute Gasteiger partial charge is 0.494 e. The van der Waals surface area contributed by atoms with Gasteiger partial charge >= 0.3 is 0 Å². The molecule has 4 heteroatoms. The third kappa shape index (κ3) is 4.84. The van der Waals surface area contributed by atoms with E-state index in [1.54, 1.807) is 0 Å². The summed E-state index contributed by atoms with van der Waals surface area (Å²) in [5, 5.41) is 12.4. The summed E-state index contributed by atoms with van der Waals surface area (Å²) in [6.45, 7) is 4.29. The van der Waals surface area contributed by atoms with Gasteiger partial charge in [-0.15, -0.1) is 0 Å². The lowest BCUT2D eigenvalue weighted by molar-refractivity contribution is 0.282. The van der Waals surface area contributed by atoms with Crippen molar-refractivity contribution in [2.45, 2.75) is 13.3 Å². The molecule has 16 heavy (non-hydrogen) atoms. The number of nitrogens with one attached hydrogen (secondary N) is 1. The molecule has 3 nitrogen and oxygen atoms in total. The number of aryl methyl sites for hydroxylation is 1. The fourth-order valence-electron chi connectivity index (χ4n) is 1.30. The van der Waals surface area contributed by atoms with Crippen LogP contribution in [0.2, 0.25) is 5.02 Å². The molecule has 0 aromatic heterocycles. The van der Waals surface area contributed by atoms with Gasteiger partial charge in [-0.05, 0) is 43.7 Å². The predicted molar refractivity (Wildman–Crippen MR) is 66.3 cm³/mol. The maximum atomic E-state index is 8.55. The highest BCUT2D eigenvalue weighted by Gasteiger charge is 1.98. The Kier molecular flexibility index (Phi) is 6.23. The highest BCUT2D eigenvalue weighted by molar-refractivity contribution is 6.31. The van der Waals surface area contributed by atoms with Gasteiger partial charge in [0.15, 0.2) is 0 Å². The second kappa shape index (κ2) is 7.49. The first-order valence-electron chi connectivity index (χ1n) is 5.44. The zero-order chi connectivity index (χ0) is 11.8. The molecule has 0 unspecified atom stereocenters. The van der Waals surface area contributed by atoms with Gasteiger partial charge in [-0.1, -0.05) is 11.6 Å². The van der Waals surface area contributed by atoms with Crippen LogP contribution >= 0.6 is 11.6 Å². The summed E-state index contributed by atoms with van der Waals surface area (Å²) >= 11 is 5.91. The molecule has 1 aromatic carbocycles. The lowest BCUT2D eigenvalue weighted by Gasteiger charge is -2.08. The smallest absolute Gasteiger partial charge is 0.119 e. The van der Waals surface area contributed by atoms with Crippen molar-refractivity contribution >= 4 is 11.6 Å². The minimum absolute atomic E-state index is 0.178. The van der Waals surface area contributed by atoms with E-state index in [2.05, 4.69) is 5.32 Å². The van der Waals surface area contributed by atoms with Crippen LogP contribution in [-0.4, -0.2) is 31.4 Å². The average Bonchev–Trinajstić information content (AvgIpc) is 2.28. The van der Waals surface area contributed by atoms with Crippen LogP contribution < -0.4 is 10.1 Å². The van der Waals surface area contributed by atoms with Gasteiger partial charge in [0, 0.05) is 11.6 Å². The van der Waals surface area contributed by atoms with E-state index in [1.807, 2.05) is 25.1 Å². The van der Waals surface area contributed by atoms with E-state index >= 15 is 0 Å². The minimum Gasteiger partial charge on any atom is -0.494 e. The maximum Gasteiger partial charge on any atom is 0.119 e. The summed E-state index contributed by atoms with van der Waals surface area (Å²) in [5.74, 6) is 0.851. The van der Waals surface area contributed by atoms with Gasteiger partial charge in [0.2, 0.25) is 0 Å². The van der Waals surface area contributed by atoms with E-state index in [-0.39, 0.29) is 6.61 Å². The number of ether oxygens (including phenoxy) is 1. The first-order valence-corrected chi connectivity index (χ1v) is 5.82. The number of halogens is 1. The van der Waals surface area contributed by atoms with Gasteiger partial charge in [-0.2, -0.15) is 0 Å². The quantitative estimate of drug-likeness (QED) is 0.720. The molecular formula is C12H18ClNO2. The van der Waals surface area contributed by atoms with E-state index in [0.717, 1.165) is 29.3 Å². The third-order valence-electron chi connectivity index (χ3n) is 2.18. The molecule has 0 aliphatic carbocycles. The summed E-state index contributed by atoms with van der Waals surface area (Å²) in [5.41, 5.74) is 1.03. The molecule has 0 radical (unpaired) electrons. The Bertz CT molecular complexity index is 318. The predicted octanol–water partition coefficient (Wildman–Crippen LogP) is 2.00. The van der Waals surface area contributed by atoms with Crippen molar-refractivity contribution < 1.29 is 9.84 Å². The standard InChI is InChI=1S/C12H18ClNO2/c1-10-9-11(3-4-12(10)13)16-8-2-5-14-6-7-15/h3-4,9,14-15H,2,5-8H2,1H3. The van der Waals surface area contributed by atoms with Crippen LogP contribution in [0.4, 0.5) is 0 Å². The van der Waals surface area contributed by atoms with Gasteiger partial charge in [-0.3, -0.25) is 0 Å². The van der Waals surface area contributed by atoms with E-state index < -0.39 is 0 Å². The molecule has 1 rings (SSSR count). The van der Waals surface area contributed by atoms with Crippen LogP contribution in [0.15, 0.2) is 18.2 Å². The van der Waals surface area contributed by atoms with Crippen molar-refractivity contribution in [1.29, 1.82) is 0 Å². The molecule has 0 spiro atoms. The van der Waals surface area contributed by atoms with Crippen LogP contribution in [0.3, 0.4) is 0 Å². The van der Waals surface area contributed by atoms with Gasteiger partial charge in [0.05, 0.1) is 13.2 Å². The summed E-state index contributed by atoms with van der Waals surface area (Å²) in [6, 6.07) is 5.65. The molecule has 0 amide bonds. The molecule has 0 bridgehead atoms. The minimum atomic E-state index is 0.178. The van der Waals surface area contributed by atoms with Crippen LogP contribution in [0.1, 0.15) is 12.0 Å². The summed E-state index contributed by atoms with van der Waals surface area (Å²) in [7, 11) is 0. The molecule has 0 aliphatic heterocycles. The lowest BCUT2D eigenvalue weighted by atomic mass is 10.2. The Morgan fingerprint density at radius 1 is 1.38 bits per heavy atom. The first kappa shape index (κ1) is 13.3. The van der Waals surface area contributed by atoms with E-state index in [9.17, 15) is 0 Å². The van der Waals surface area contributed by atoms with Crippen LogP contribution in [0.5, 0.6) is 5.75 Å². The number of rotatable bonds is 7. The van der Waals surface area contributed by atoms with Crippen molar-refractivity contribution in [3.63, 3.8) is 0 Å². The topological polar surface area (TPSA) is 41.5 Å². The monoisotopic (exact) mass is 243 g/mol. The van der Waals surface area contributed by atoms with E-state index in [0.29, 0.717) is 13.2 Å². The van der Waals surface area contributed by atoms with Gasteiger partial charge in [0.1, 0.15) is 5.75 Å². The maximum absolute atomic E-state index is 8.55. The Hall–Kier alpha value is -0.770. The number of aliphatic hydroxyl groups excluding tert-OH is 1. The van der Waals surface area contributed by atoms with Crippen molar-refractivity contribution in [2.24, 2.45) is 0 Å². The Morgan fingerprint density at radius 2 is 2.19 bits per heavy atom. The summed E-state index contributed by atoms with van der Waals surface area (Å²) in [4.78, 5) is 0. The molecule has 0 aliphatic rings. The fourth-order valence-corrected chi connectivity index (χ4v) is 1.42. The molecule has 90 valence electrons. The molecular weight excluding hydrogens is 226 g/mol. The third-order valence-corrected chi connectivity index (χ3v) is 2.61. The molecule has 0 atom stereocenters. The SMILES string of the molecule is Cc1cc(OCCCNCCO)ccc1Cl. The Morgan fingerprint density at radius 3 is 2.88 bits per heavy atom. The zero-order valence-corrected chi connectivity index (χ0v) is 10.3. The van der Waals surface area contributed by atoms with Crippen molar-refractivity contribution in [3.05, 3.63) is 28.8 Å². The molecule has 1 aromatic rings. The normalized spacial score (nSPS) is 10.4. The molecule has 2 N–H and O–H groups in total. The first-order chi connectivity index (χ1) is 7.74. The highest BCUT2D eigenvalue weighted by atomic mass is 35.5. The Labute approximate surface area is 101 Å². The van der Waals surface area contributed by atoms with Crippen LogP contribution in [0, 0.1) is 6.92 Å². The number of aliphatic hydroxyl groups is 1. The summed E-state index contributed by atoms with van der Waals surface area (Å²) in [6.07, 6.45) is 0.918. The number of hydrogen-bond donors (Lipinski definition) is 2. The van der Waals surface area contributed by atoms with Crippen molar-refractivity contribution in [1.82, 2.24) is 5.32 Å². The molecule has 0 fully saturated rings. The molecule has 0 saturated heterocycles. The average molecular weight is 244 g/mol. The second-order valence-electron chi connectivity index (χ2n) is 3.59. The summed E-state index contributed by atoms with van der Waals surface area (Å²) < 4.78 is 5.56. The number of hydrogen-bond acceptors (Lipinski definition) is 3. The van der Waals surface area contributed by atoms with Crippen LogP contribution in [0.25, 0.3) is 0 Å². The van der Waals surface area contributed by atoms with Gasteiger partial charge < -0.3 is 15.2 Å². The highest BCUT2D eigenvalue weighted by Crippen LogP contribution is 2.20. The number of benzene rings is 1. The lowest BCUT2D eigenvalue weighted by Crippen LogP contribution is -2.20. The van der Waals surface area contributed by atoms with E-state index in [1.165, 1.54) is 0 Å². The van der Waals surface area contributed by atoms with Gasteiger partial charge in [0.25, 0.3) is 0 Å². The fraction of sp³-hybridized carbons (Fsp3) is 0.500. The van der Waals surface area contributed by atoms with Crippen molar-refractivity contribution in [3.8, 4) is 5.75 Å². The van der Waals surface area contributed by atoms with Crippen molar-refractivity contribution in [2.75, 3.05) is 26.3 Å². The molecule has 0 heterocycles.